The highest BCUT2D eigenvalue weighted by molar-refractivity contribution is 6.30. The van der Waals surface area contributed by atoms with Gasteiger partial charge in [-0.2, -0.15) is 4.98 Å². The Hall–Kier alpha value is -1.88. The molecule has 0 fully saturated rings. The molecule has 0 aliphatic carbocycles. The Morgan fingerprint density at radius 3 is 2.82 bits per heavy atom. The van der Waals surface area contributed by atoms with Gasteiger partial charge in [0.25, 0.3) is 17.6 Å². The highest BCUT2D eigenvalue weighted by Crippen LogP contribution is 2.23. The first-order chi connectivity index (χ1) is 8.10. The van der Waals surface area contributed by atoms with E-state index in [1.54, 1.807) is 6.07 Å². The molecule has 6 heteroatoms. The van der Waals surface area contributed by atoms with Crippen molar-refractivity contribution in [1.82, 2.24) is 15.5 Å². The summed E-state index contributed by atoms with van der Waals surface area (Å²) >= 11 is 5.93. The van der Waals surface area contributed by atoms with Gasteiger partial charge in [0, 0.05) is 17.6 Å². The summed E-state index contributed by atoms with van der Waals surface area (Å²) in [5, 5.41) is 6.58. The molecule has 2 rings (SSSR count). The van der Waals surface area contributed by atoms with Crippen LogP contribution in [0.2, 0.25) is 5.02 Å². The van der Waals surface area contributed by atoms with Crippen molar-refractivity contribution >= 4 is 17.5 Å². The molecule has 0 saturated carbocycles. The van der Waals surface area contributed by atoms with E-state index in [4.69, 9.17) is 16.1 Å². The monoisotopic (exact) mass is 251 g/mol. The average molecular weight is 252 g/mol. The SMILES string of the molecule is CNC(=O)c1noc(-c2cc(C)cc(Cl)c2)n1. The number of halogens is 1. The number of aryl methyl sites for hydroxylation is 1. The summed E-state index contributed by atoms with van der Waals surface area (Å²) in [5.41, 5.74) is 1.67. The fraction of sp³-hybridized carbons (Fsp3) is 0.182. The molecular formula is C11H10ClN3O2. The number of hydrogen-bond donors (Lipinski definition) is 1. The lowest BCUT2D eigenvalue weighted by molar-refractivity contribution is 0.0950. The minimum absolute atomic E-state index is 0.000119. The predicted molar refractivity (Wildman–Crippen MR) is 62.9 cm³/mol. The minimum Gasteiger partial charge on any atom is -0.352 e. The number of aromatic nitrogens is 2. The molecule has 1 amide bonds. The smallest absolute Gasteiger partial charge is 0.292 e. The van der Waals surface area contributed by atoms with Crippen molar-refractivity contribution in [2.24, 2.45) is 0 Å². The predicted octanol–water partition coefficient (Wildman–Crippen LogP) is 2.06. The number of amides is 1. The molecule has 17 heavy (non-hydrogen) atoms. The van der Waals surface area contributed by atoms with Crippen LogP contribution < -0.4 is 5.32 Å². The molecule has 0 saturated heterocycles. The Labute approximate surface area is 103 Å². The molecule has 1 aromatic carbocycles. The molecule has 88 valence electrons. The summed E-state index contributed by atoms with van der Waals surface area (Å²) in [6.07, 6.45) is 0. The number of carbonyl (C=O) groups excluding carboxylic acids is 1. The largest absolute Gasteiger partial charge is 0.352 e. The summed E-state index contributed by atoms with van der Waals surface area (Å²) in [7, 11) is 1.50. The van der Waals surface area contributed by atoms with E-state index in [1.165, 1.54) is 7.05 Å². The molecular weight excluding hydrogens is 242 g/mol. The van der Waals surface area contributed by atoms with Crippen LogP contribution >= 0.6 is 11.6 Å². The molecule has 0 bridgehead atoms. The Balaban J connectivity index is 2.40. The molecule has 0 unspecified atom stereocenters. The summed E-state index contributed by atoms with van der Waals surface area (Å²) in [6.45, 7) is 1.91. The van der Waals surface area contributed by atoms with Gasteiger partial charge in [-0.3, -0.25) is 4.79 Å². The maximum Gasteiger partial charge on any atom is 0.292 e. The molecule has 0 aliphatic rings. The van der Waals surface area contributed by atoms with Crippen molar-refractivity contribution < 1.29 is 9.32 Å². The summed E-state index contributed by atoms with van der Waals surface area (Å²) in [4.78, 5) is 15.3. The second kappa shape index (κ2) is 4.55. The fourth-order valence-corrected chi connectivity index (χ4v) is 1.69. The molecule has 5 nitrogen and oxygen atoms in total. The fourth-order valence-electron chi connectivity index (χ4n) is 1.40. The van der Waals surface area contributed by atoms with Gasteiger partial charge in [-0.25, -0.2) is 0 Å². The van der Waals surface area contributed by atoms with E-state index in [0.29, 0.717) is 10.6 Å². The first kappa shape index (κ1) is 11.6. The zero-order valence-electron chi connectivity index (χ0n) is 9.32. The third kappa shape index (κ3) is 2.45. The van der Waals surface area contributed by atoms with E-state index >= 15 is 0 Å². The van der Waals surface area contributed by atoms with Gasteiger partial charge >= 0.3 is 0 Å². The van der Waals surface area contributed by atoms with Gasteiger partial charge in [0.15, 0.2) is 0 Å². The molecule has 2 aromatic rings. The highest BCUT2D eigenvalue weighted by atomic mass is 35.5. The van der Waals surface area contributed by atoms with Gasteiger partial charge < -0.3 is 9.84 Å². The van der Waals surface area contributed by atoms with Crippen LogP contribution in [0.25, 0.3) is 11.5 Å². The van der Waals surface area contributed by atoms with E-state index in [0.717, 1.165) is 5.56 Å². The second-order valence-corrected chi connectivity index (χ2v) is 3.96. The molecule has 1 N–H and O–H groups in total. The highest BCUT2D eigenvalue weighted by Gasteiger charge is 2.14. The Bertz CT molecular complexity index is 545. The summed E-state index contributed by atoms with van der Waals surface area (Å²) in [6, 6.07) is 5.38. The van der Waals surface area contributed by atoms with Crippen LogP contribution in [-0.4, -0.2) is 23.1 Å². The Morgan fingerprint density at radius 1 is 1.41 bits per heavy atom. The number of hydrogen-bond acceptors (Lipinski definition) is 4. The normalized spacial score (nSPS) is 10.3. The lowest BCUT2D eigenvalue weighted by Gasteiger charge is -1.98. The summed E-state index contributed by atoms with van der Waals surface area (Å²) < 4.78 is 5.00. The van der Waals surface area contributed by atoms with Gasteiger partial charge in [0.1, 0.15) is 0 Å². The van der Waals surface area contributed by atoms with Gasteiger partial charge in [-0.15, -0.1) is 0 Å². The van der Waals surface area contributed by atoms with Gasteiger partial charge in [-0.05, 0) is 30.7 Å². The van der Waals surface area contributed by atoms with E-state index < -0.39 is 5.91 Å². The number of carbonyl (C=O) groups is 1. The third-order valence-corrected chi connectivity index (χ3v) is 2.36. The maximum atomic E-state index is 11.3. The number of nitrogens with one attached hydrogen (secondary N) is 1. The lowest BCUT2D eigenvalue weighted by atomic mass is 10.1. The van der Waals surface area contributed by atoms with Crippen molar-refractivity contribution in [3.8, 4) is 11.5 Å². The van der Waals surface area contributed by atoms with Crippen LogP contribution in [0.5, 0.6) is 0 Å². The van der Waals surface area contributed by atoms with Crippen molar-refractivity contribution in [2.45, 2.75) is 6.92 Å². The van der Waals surface area contributed by atoms with Crippen LogP contribution in [0.4, 0.5) is 0 Å². The van der Waals surface area contributed by atoms with Crippen molar-refractivity contribution in [1.29, 1.82) is 0 Å². The standard InChI is InChI=1S/C11H10ClN3O2/c1-6-3-7(5-8(12)4-6)11-14-9(15-17-11)10(16)13-2/h3-5H,1-2H3,(H,13,16). The van der Waals surface area contributed by atoms with Crippen LogP contribution in [-0.2, 0) is 0 Å². The number of nitrogens with zero attached hydrogens (tertiary/aromatic N) is 2. The van der Waals surface area contributed by atoms with Crippen molar-refractivity contribution in [3.63, 3.8) is 0 Å². The van der Waals surface area contributed by atoms with Crippen LogP contribution in [0, 0.1) is 6.92 Å². The van der Waals surface area contributed by atoms with Crippen molar-refractivity contribution in [3.05, 3.63) is 34.6 Å². The topological polar surface area (TPSA) is 68.0 Å². The van der Waals surface area contributed by atoms with E-state index in [2.05, 4.69) is 15.5 Å². The van der Waals surface area contributed by atoms with Gasteiger partial charge in [-0.1, -0.05) is 16.8 Å². The van der Waals surface area contributed by atoms with Crippen LogP contribution in [0.1, 0.15) is 16.2 Å². The lowest BCUT2D eigenvalue weighted by Crippen LogP contribution is -2.19. The van der Waals surface area contributed by atoms with E-state index in [9.17, 15) is 4.79 Å². The summed E-state index contributed by atoms with van der Waals surface area (Å²) in [5.74, 6) is -0.118. The van der Waals surface area contributed by atoms with E-state index in [-0.39, 0.29) is 11.7 Å². The quantitative estimate of drug-likeness (QED) is 0.887. The van der Waals surface area contributed by atoms with E-state index in [1.807, 2.05) is 19.1 Å². The molecule has 0 spiro atoms. The number of rotatable bonds is 2. The molecule has 1 heterocycles. The zero-order valence-corrected chi connectivity index (χ0v) is 10.1. The van der Waals surface area contributed by atoms with Crippen LogP contribution in [0.15, 0.2) is 22.7 Å². The van der Waals surface area contributed by atoms with Gasteiger partial charge in [0.2, 0.25) is 0 Å². The molecule has 1 aromatic heterocycles. The van der Waals surface area contributed by atoms with Crippen molar-refractivity contribution in [2.75, 3.05) is 7.05 Å². The van der Waals surface area contributed by atoms with Gasteiger partial charge in [0.05, 0.1) is 0 Å². The first-order valence-corrected chi connectivity index (χ1v) is 5.31. The average Bonchev–Trinajstić information content (AvgIpc) is 2.76. The Kier molecular flexibility index (Phi) is 3.10. The molecule has 0 aliphatic heterocycles. The Morgan fingerprint density at radius 2 is 2.18 bits per heavy atom. The zero-order chi connectivity index (χ0) is 12.4. The first-order valence-electron chi connectivity index (χ1n) is 4.93. The number of benzene rings is 1. The van der Waals surface area contributed by atoms with Crippen LogP contribution in [0.3, 0.4) is 0 Å². The second-order valence-electron chi connectivity index (χ2n) is 3.52. The minimum atomic E-state index is -0.390. The molecule has 0 atom stereocenters. The maximum absolute atomic E-state index is 11.3. The third-order valence-electron chi connectivity index (χ3n) is 2.15. The molecule has 0 radical (unpaired) electrons.